The number of benzene rings is 2. The van der Waals surface area contributed by atoms with Crippen molar-refractivity contribution in [2.75, 3.05) is 50.0 Å². The van der Waals surface area contributed by atoms with Gasteiger partial charge in [-0.3, -0.25) is 4.90 Å². The molecule has 4 fully saturated rings. The lowest BCUT2D eigenvalue weighted by Crippen LogP contribution is -2.51. The minimum atomic E-state index is -3.30. The van der Waals surface area contributed by atoms with E-state index in [0.717, 1.165) is 28.5 Å². The second-order valence-electron chi connectivity index (χ2n) is 14.3. The lowest BCUT2D eigenvalue weighted by molar-refractivity contribution is -0.0438. The highest BCUT2D eigenvalue weighted by molar-refractivity contribution is 7.23. The SMILES string of the molecule is N#Cc1c(N)sc2c(F)ccc(-c3c(Cl)cc4c(N5CC(F)(F)C6CN(C(=O)n7cncn7)CCC65)nc(OC[C@@]56CCCN5C[C@H](F)C6)nc4c3F)c12. The highest BCUT2D eigenvalue weighted by Crippen LogP contribution is 2.49. The number of anilines is 2. The first-order chi connectivity index (χ1) is 25.9. The number of nitrogen functional groups attached to an aromatic ring is 1. The van der Waals surface area contributed by atoms with Crippen molar-refractivity contribution in [3.05, 3.63) is 53.1 Å². The highest BCUT2D eigenvalue weighted by Gasteiger charge is 2.57. The molecule has 54 heavy (non-hydrogen) atoms. The summed E-state index contributed by atoms with van der Waals surface area (Å²) in [4.78, 5) is 30.6. The molecule has 0 radical (unpaired) electrons. The van der Waals surface area contributed by atoms with E-state index >= 15 is 13.2 Å². The molecule has 4 atom stereocenters. The summed E-state index contributed by atoms with van der Waals surface area (Å²) < 4.78 is 86.0. The van der Waals surface area contributed by atoms with Crippen LogP contribution in [0.5, 0.6) is 6.01 Å². The Morgan fingerprint density at radius 2 is 2.04 bits per heavy atom. The van der Waals surface area contributed by atoms with E-state index in [2.05, 4.69) is 20.1 Å². The number of amides is 1. The smallest absolute Gasteiger partial charge is 0.346 e. The molecule has 0 bridgehead atoms. The molecule has 280 valence electrons. The number of halogens is 6. The van der Waals surface area contributed by atoms with Crippen LogP contribution in [-0.2, 0) is 0 Å². The van der Waals surface area contributed by atoms with Gasteiger partial charge in [0.15, 0.2) is 5.82 Å². The largest absolute Gasteiger partial charge is 0.461 e. The Balaban J connectivity index is 1.17. The number of alkyl halides is 3. The molecule has 4 aliphatic heterocycles. The zero-order valence-corrected chi connectivity index (χ0v) is 29.9. The second kappa shape index (κ2) is 12.6. The Bertz CT molecular complexity index is 2390. The molecule has 0 aliphatic carbocycles. The van der Waals surface area contributed by atoms with Crippen LogP contribution in [0, 0.1) is 28.9 Å². The number of hydrogen-bond acceptors (Lipinski definition) is 11. The van der Waals surface area contributed by atoms with Crippen LogP contribution in [-0.4, -0.2) is 104 Å². The highest BCUT2D eigenvalue weighted by atomic mass is 35.5. The minimum absolute atomic E-state index is 0.0136. The third-order valence-corrected chi connectivity index (χ3v) is 12.7. The van der Waals surface area contributed by atoms with Crippen LogP contribution >= 0.6 is 22.9 Å². The number of nitrogens with zero attached hydrogens (tertiary/aromatic N) is 9. The fourth-order valence-electron chi connectivity index (χ4n) is 8.89. The number of rotatable bonds is 5. The zero-order valence-electron chi connectivity index (χ0n) is 28.3. The molecule has 9 rings (SSSR count). The Kier molecular flexibility index (Phi) is 8.14. The standard InChI is InChI=1S/C35H30ClF5N10O2S/c36-22-8-19-28(27(39)26(22)18-2-3-23(38)29-25(18)20(10-42)30(43)54-29)46-32(53-14-34-5-1-6-49(34)11-17(37)9-34)47-31(19)50-13-35(40,41)21-12-48(7-4-24(21)50)33(52)51-16-44-15-45-51/h2-3,8,15-17,21,24H,1,4-7,9,11-14,43H2/t17-,21?,24?,34+/m1/s1. The average molecular weight is 785 g/mol. The molecule has 7 heterocycles. The number of carbonyl (C=O) groups excluding carboxylic acids is 1. The Hall–Kier alpha value is -4.86. The van der Waals surface area contributed by atoms with Crippen LogP contribution in [0.15, 0.2) is 30.9 Å². The normalized spacial score (nSPS) is 25.0. The fraction of sp³-hybridized carbons (Fsp3) is 0.429. The van der Waals surface area contributed by atoms with Gasteiger partial charge in [-0.1, -0.05) is 17.7 Å². The maximum atomic E-state index is 17.2. The number of carbonyl (C=O) groups is 1. The van der Waals surface area contributed by atoms with Crippen molar-refractivity contribution >= 4 is 60.8 Å². The molecule has 2 aromatic carbocycles. The number of nitriles is 1. The summed E-state index contributed by atoms with van der Waals surface area (Å²) in [7, 11) is 0. The van der Waals surface area contributed by atoms with Gasteiger partial charge in [-0.15, -0.1) is 11.3 Å². The first kappa shape index (κ1) is 34.9. The van der Waals surface area contributed by atoms with E-state index in [4.69, 9.17) is 22.1 Å². The van der Waals surface area contributed by atoms with Crippen LogP contribution in [0.1, 0.15) is 31.2 Å². The lowest BCUT2D eigenvalue weighted by Gasteiger charge is -2.38. The van der Waals surface area contributed by atoms with Gasteiger partial charge in [0.25, 0.3) is 5.92 Å². The monoisotopic (exact) mass is 784 g/mol. The molecule has 1 amide bonds. The molecule has 19 heteroatoms. The van der Waals surface area contributed by atoms with E-state index < -0.39 is 53.8 Å². The van der Waals surface area contributed by atoms with Crippen molar-refractivity contribution < 1.29 is 31.5 Å². The Morgan fingerprint density at radius 3 is 2.81 bits per heavy atom. The van der Waals surface area contributed by atoms with Gasteiger partial charge in [0.1, 0.15) is 53.7 Å². The van der Waals surface area contributed by atoms with E-state index in [0.29, 0.717) is 13.0 Å². The number of ether oxygens (including phenoxy) is 1. The topological polar surface area (TPSA) is 142 Å². The van der Waals surface area contributed by atoms with Crippen molar-refractivity contribution in [1.29, 1.82) is 5.26 Å². The molecule has 5 aromatic rings. The summed E-state index contributed by atoms with van der Waals surface area (Å²) in [6.07, 6.45) is 3.18. The van der Waals surface area contributed by atoms with Gasteiger partial charge in [0, 0.05) is 48.4 Å². The molecular weight excluding hydrogens is 755 g/mol. The van der Waals surface area contributed by atoms with Crippen LogP contribution in [0.25, 0.3) is 32.1 Å². The van der Waals surface area contributed by atoms with Gasteiger partial charge < -0.3 is 20.3 Å². The van der Waals surface area contributed by atoms with Crippen LogP contribution in [0.3, 0.4) is 0 Å². The van der Waals surface area contributed by atoms with Crippen molar-refractivity contribution in [3.8, 4) is 23.2 Å². The third kappa shape index (κ3) is 5.34. The maximum Gasteiger partial charge on any atom is 0.346 e. The summed E-state index contributed by atoms with van der Waals surface area (Å²) in [5.74, 6) is -6.32. The molecule has 4 saturated heterocycles. The molecule has 12 nitrogen and oxygen atoms in total. The van der Waals surface area contributed by atoms with E-state index in [1.165, 1.54) is 34.6 Å². The fourth-order valence-corrected chi connectivity index (χ4v) is 10.1. The van der Waals surface area contributed by atoms with Crippen LogP contribution in [0.2, 0.25) is 5.02 Å². The zero-order chi connectivity index (χ0) is 37.7. The first-order valence-electron chi connectivity index (χ1n) is 17.3. The Labute approximate surface area is 312 Å². The van der Waals surface area contributed by atoms with Crippen molar-refractivity contribution in [2.45, 2.75) is 49.4 Å². The van der Waals surface area contributed by atoms with Gasteiger partial charge in [-0.25, -0.2) is 31.7 Å². The van der Waals surface area contributed by atoms with Crippen LogP contribution in [0.4, 0.5) is 37.6 Å². The molecule has 0 spiro atoms. The van der Waals surface area contributed by atoms with Gasteiger partial charge >= 0.3 is 12.0 Å². The average Bonchev–Trinajstić information content (AvgIpc) is 3.97. The molecular formula is C35H30ClF5N10O2S. The summed E-state index contributed by atoms with van der Waals surface area (Å²) in [6.45, 7) is -0.0361. The summed E-state index contributed by atoms with van der Waals surface area (Å²) >= 11 is 7.67. The van der Waals surface area contributed by atoms with Gasteiger partial charge in [0.05, 0.1) is 33.3 Å². The number of piperidine rings is 1. The number of aromatic nitrogens is 5. The predicted molar refractivity (Wildman–Crippen MR) is 190 cm³/mol. The van der Waals surface area contributed by atoms with E-state index in [1.807, 2.05) is 11.0 Å². The quantitative estimate of drug-likeness (QED) is 0.203. The van der Waals surface area contributed by atoms with E-state index in [1.54, 1.807) is 0 Å². The number of likely N-dealkylation sites (tertiary alicyclic amines) is 1. The maximum absolute atomic E-state index is 17.2. The minimum Gasteiger partial charge on any atom is -0.461 e. The van der Waals surface area contributed by atoms with Gasteiger partial charge in [-0.2, -0.15) is 25.0 Å². The molecule has 4 aliphatic rings. The molecule has 2 N–H and O–H groups in total. The first-order valence-corrected chi connectivity index (χ1v) is 18.5. The second-order valence-corrected chi connectivity index (χ2v) is 15.8. The summed E-state index contributed by atoms with van der Waals surface area (Å²) in [5, 5.41) is 13.7. The number of nitrogens with two attached hydrogens (primary N) is 1. The molecule has 2 unspecified atom stereocenters. The predicted octanol–water partition coefficient (Wildman–Crippen LogP) is 6.26. The van der Waals surface area contributed by atoms with E-state index in [-0.39, 0.29) is 98.6 Å². The summed E-state index contributed by atoms with van der Waals surface area (Å²) in [6, 6.07) is 4.02. The number of fused-ring (bicyclic) bond motifs is 4. The molecule has 3 aromatic heterocycles. The Morgan fingerprint density at radius 1 is 1.20 bits per heavy atom. The van der Waals surface area contributed by atoms with E-state index in [9.17, 15) is 18.8 Å². The van der Waals surface area contributed by atoms with Crippen molar-refractivity contribution in [1.82, 2.24) is 34.5 Å². The number of thiophene rings is 1. The summed E-state index contributed by atoms with van der Waals surface area (Å²) in [5.41, 5.74) is 4.95. The van der Waals surface area contributed by atoms with Gasteiger partial charge in [-0.05, 0) is 43.5 Å². The van der Waals surface area contributed by atoms with Gasteiger partial charge in [0.2, 0.25) is 0 Å². The van der Waals surface area contributed by atoms with Crippen molar-refractivity contribution in [2.24, 2.45) is 5.92 Å². The molecule has 0 saturated carbocycles. The van der Waals surface area contributed by atoms with Crippen molar-refractivity contribution in [3.63, 3.8) is 0 Å². The van der Waals surface area contributed by atoms with Crippen LogP contribution < -0.4 is 15.4 Å². The number of hydrogen-bond donors (Lipinski definition) is 1. The lowest BCUT2D eigenvalue weighted by atomic mass is 9.90. The third-order valence-electron chi connectivity index (χ3n) is 11.3.